The van der Waals surface area contributed by atoms with E-state index < -0.39 is 0 Å². The van der Waals surface area contributed by atoms with Crippen LogP contribution < -0.4 is 4.90 Å². The Morgan fingerprint density at radius 2 is 2.36 bits per heavy atom. The van der Waals surface area contributed by atoms with Crippen molar-refractivity contribution in [2.75, 3.05) is 11.4 Å². The molecule has 0 aromatic carbocycles. The maximum absolute atomic E-state index is 9.52. The summed E-state index contributed by atoms with van der Waals surface area (Å²) in [5.74, 6) is 0.934. The summed E-state index contributed by atoms with van der Waals surface area (Å²) in [4.78, 5) is 6.51. The standard InChI is InChI=1S/C10H13BrN2O/c1-7-5-8(14)6-13(7)10-4-2-3-9(11)12-10/h2-4,7-8,14H,5-6H2,1H3. The summed E-state index contributed by atoms with van der Waals surface area (Å²) < 4.78 is 0.837. The van der Waals surface area contributed by atoms with E-state index in [1.807, 2.05) is 18.2 Å². The quantitative estimate of drug-likeness (QED) is 0.779. The highest BCUT2D eigenvalue weighted by Gasteiger charge is 2.28. The lowest BCUT2D eigenvalue weighted by molar-refractivity contribution is 0.195. The summed E-state index contributed by atoms with van der Waals surface area (Å²) in [5.41, 5.74) is 0. The van der Waals surface area contributed by atoms with Gasteiger partial charge in [0, 0.05) is 12.6 Å². The molecule has 1 N–H and O–H groups in total. The molecule has 2 rings (SSSR count). The van der Waals surface area contributed by atoms with Gasteiger partial charge in [0.05, 0.1) is 6.10 Å². The first kappa shape index (κ1) is 9.93. The van der Waals surface area contributed by atoms with Gasteiger partial charge in [0.1, 0.15) is 10.4 Å². The molecule has 3 nitrogen and oxygen atoms in total. The Hall–Kier alpha value is -0.610. The number of pyridine rings is 1. The van der Waals surface area contributed by atoms with Gasteiger partial charge in [-0.2, -0.15) is 0 Å². The molecule has 1 fully saturated rings. The predicted molar refractivity (Wildman–Crippen MR) is 59.4 cm³/mol. The zero-order valence-corrected chi connectivity index (χ0v) is 9.61. The van der Waals surface area contributed by atoms with Gasteiger partial charge in [0.2, 0.25) is 0 Å². The van der Waals surface area contributed by atoms with Crippen LogP contribution in [0.4, 0.5) is 5.82 Å². The second-order valence-electron chi connectivity index (χ2n) is 3.71. The van der Waals surface area contributed by atoms with Crippen molar-refractivity contribution in [3.8, 4) is 0 Å². The van der Waals surface area contributed by atoms with Crippen molar-refractivity contribution in [1.82, 2.24) is 4.98 Å². The van der Waals surface area contributed by atoms with Gasteiger partial charge in [-0.05, 0) is 41.4 Å². The Morgan fingerprint density at radius 1 is 1.57 bits per heavy atom. The van der Waals surface area contributed by atoms with E-state index in [-0.39, 0.29) is 6.10 Å². The molecule has 2 unspecified atom stereocenters. The molecule has 1 aliphatic heterocycles. The molecule has 4 heteroatoms. The van der Waals surface area contributed by atoms with Crippen molar-refractivity contribution in [1.29, 1.82) is 0 Å². The van der Waals surface area contributed by atoms with E-state index in [4.69, 9.17) is 0 Å². The summed E-state index contributed by atoms with van der Waals surface area (Å²) in [7, 11) is 0. The van der Waals surface area contributed by atoms with E-state index in [0.29, 0.717) is 12.6 Å². The molecule has 0 amide bonds. The summed E-state index contributed by atoms with van der Waals surface area (Å²) in [6.45, 7) is 2.80. The van der Waals surface area contributed by atoms with Crippen molar-refractivity contribution in [2.24, 2.45) is 0 Å². The van der Waals surface area contributed by atoms with Gasteiger partial charge in [-0.25, -0.2) is 4.98 Å². The van der Waals surface area contributed by atoms with Crippen LogP contribution in [0, 0.1) is 0 Å². The Bertz CT molecular complexity index is 332. The second-order valence-corrected chi connectivity index (χ2v) is 4.52. The maximum atomic E-state index is 9.52. The number of aromatic nitrogens is 1. The number of anilines is 1. The summed E-state index contributed by atoms with van der Waals surface area (Å²) in [5, 5.41) is 9.52. The fourth-order valence-electron chi connectivity index (χ4n) is 1.88. The van der Waals surface area contributed by atoms with Crippen LogP contribution in [-0.4, -0.2) is 28.8 Å². The molecule has 2 atom stereocenters. The molecule has 1 aromatic rings. The first-order valence-electron chi connectivity index (χ1n) is 4.74. The minimum Gasteiger partial charge on any atom is -0.391 e. The van der Waals surface area contributed by atoms with E-state index in [0.717, 1.165) is 16.8 Å². The first-order chi connectivity index (χ1) is 6.66. The average molecular weight is 257 g/mol. The highest BCUT2D eigenvalue weighted by atomic mass is 79.9. The number of rotatable bonds is 1. The SMILES string of the molecule is CC1CC(O)CN1c1cccc(Br)n1. The third-order valence-corrected chi connectivity index (χ3v) is 2.99. The molecule has 2 heterocycles. The van der Waals surface area contributed by atoms with E-state index in [1.54, 1.807) is 0 Å². The molecule has 0 spiro atoms. The Labute approximate surface area is 91.9 Å². The summed E-state index contributed by atoms with van der Waals surface area (Å²) in [6.07, 6.45) is 0.611. The molecular formula is C10H13BrN2O. The molecule has 76 valence electrons. The number of hydrogen-bond donors (Lipinski definition) is 1. The fraction of sp³-hybridized carbons (Fsp3) is 0.500. The molecule has 1 aliphatic rings. The van der Waals surface area contributed by atoms with Gasteiger partial charge >= 0.3 is 0 Å². The van der Waals surface area contributed by atoms with Crippen LogP contribution >= 0.6 is 15.9 Å². The van der Waals surface area contributed by atoms with E-state index in [9.17, 15) is 5.11 Å². The van der Waals surface area contributed by atoms with Gasteiger partial charge in [0.25, 0.3) is 0 Å². The number of aliphatic hydroxyl groups excluding tert-OH is 1. The normalized spacial score (nSPS) is 26.9. The minimum absolute atomic E-state index is 0.217. The van der Waals surface area contributed by atoms with E-state index in [2.05, 4.69) is 32.7 Å². The highest BCUT2D eigenvalue weighted by Crippen LogP contribution is 2.24. The average Bonchev–Trinajstić information content (AvgIpc) is 2.45. The van der Waals surface area contributed by atoms with Crippen LogP contribution in [0.25, 0.3) is 0 Å². The Kier molecular flexibility index (Phi) is 2.74. The largest absolute Gasteiger partial charge is 0.391 e. The van der Waals surface area contributed by atoms with Crippen LogP contribution in [0.5, 0.6) is 0 Å². The first-order valence-corrected chi connectivity index (χ1v) is 5.53. The molecule has 14 heavy (non-hydrogen) atoms. The van der Waals surface area contributed by atoms with Crippen LogP contribution in [0.15, 0.2) is 22.8 Å². The van der Waals surface area contributed by atoms with Crippen molar-refractivity contribution >= 4 is 21.7 Å². The lowest BCUT2D eigenvalue weighted by Crippen LogP contribution is -2.28. The van der Waals surface area contributed by atoms with Gasteiger partial charge in [-0.15, -0.1) is 0 Å². The minimum atomic E-state index is -0.217. The second kappa shape index (κ2) is 3.87. The lowest BCUT2D eigenvalue weighted by Gasteiger charge is -2.22. The van der Waals surface area contributed by atoms with E-state index >= 15 is 0 Å². The maximum Gasteiger partial charge on any atom is 0.130 e. The van der Waals surface area contributed by atoms with Crippen LogP contribution in [0.3, 0.4) is 0 Å². The zero-order chi connectivity index (χ0) is 10.1. The lowest BCUT2D eigenvalue weighted by atomic mass is 10.2. The van der Waals surface area contributed by atoms with Gasteiger partial charge in [0.15, 0.2) is 0 Å². The third-order valence-electron chi connectivity index (χ3n) is 2.55. The van der Waals surface area contributed by atoms with Gasteiger partial charge in [-0.1, -0.05) is 6.07 Å². The number of β-amino-alcohol motifs (C(OH)–C–C–N with tert-alkyl or cyclic N) is 1. The topological polar surface area (TPSA) is 36.4 Å². The highest BCUT2D eigenvalue weighted by molar-refractivity contribution is 9.10. The van der Waals surface area contributed by atoms with Crippen molar-refractivity contribution in [3.63, 3.8) is 0 Å². The predicted octanol–water partition coefficient (Wildman–Crippen LogP) is 1.80. The number of halogens is 1. The zero-order valence-electron chi connectivity index (χ0n) is 8.02. The van der Waals surface area contributed by atoms with Gasteiger partial charge in [-0.3, -0.25) is 0 Å². The fourth-order valence-corrected chi connectivity index (χ4v) is 2.21. The molecule has 1 saturated heterocycles. The van der Waals surface area contributed by atoms with Crippen LogP contribution in [0.1, 0.15) is 13.3 Å². The summed E-state index contributed by atoms with van der Waals surface area (Å²) in [6, 6.07) is 6.20. The van der Waals surface area contributed by atoms with Crippen LogP contribution in [0.2, 0.25) is 0 Å². The number of hydrogen-bond acceptors (Lipinski definition) is 3. The number of nitrogens with zero attached hydrogens (tertiary/aromatic N) is 2. The van der Waals surface area contributed by atoms with Crippen molar-refractivity contribution in [3.05, 3.63) is 22.8 Å². The molecule has 1 aromatic heterocycles. The monoisotopic (exact) mass is 256 g/mol. The smallest absolute Gasteiger partial charge is 0.130 e. The molecule has 0 saturated carbocycles. The molecular weight excluding hydrogens is 244 g/mol. The Morgan fingerprint density at radius 3 is 2.93 bits per heavy atom. The molecule has 0 radical (unpaired) electrons. The number of aliphatic hydroxyl groups is 1. The third kappa shape index (κ3) is 1.91. The molecule has 0 bridgehead atoms. The van der Waals surface area contributed by atoms with Gasteiger partial charge < -0.3 is 10.0 Å². The Balaban J connectivity index is 2.23. The van der Waals surface area contributed by atoms with Crippen LogP contribution in [-0.2, 0) is 0 Å². The van der Waals surface area contributed by atoms with E-state index in [1.165, 1.54) is 0 Å². The van der Waals surface area contributed by atoms with Crippen molar-refractivity contribution in [2.45, 2.75) is 25.5 Å². The van der Waals surface area contributed by atoms with Crippen molar-refractivity contribution < 1.29 is 5.11 Å². The molecule has 0 aliphatic carbocycles. The summed E-state index contributed by atoms with van der Waals surface area (Å²) >= 11 is 3.34.